The molecule has 0 unspecified atom stereocenters. The molecule has 4 aromatic heterocycles. The molecule has 0 amide bonds. The maximum Gasteiger partial charge on any atom is 0.155 e. The lowest BCUT2D eigenvalue weighted by Gasteiger charge is -2.33. The Balaban J connectivity index is 1.46. The minimum absolute atomic E-state index is 0.290. The van der Waals surface area contributed by atoms with E-state index in [0.717, 1.165) is 53.2 Å². The number of aliphatic hydroxyl groups is 1. The summed E-state index contributed by atoms with van der Waals surface area (Å²) in [4.78, 5) is 7.27. The predicted octanol–water partition coefficient (Wildman–Crippen LogP) is 3.79. The van der Waals surface area contributed by atoms with Crippen LogP contribution in [0, 0.1) is 12.7 Å². The number of piperidine rings is 1. The first-order valence-electron chi connectivity index (χ1n) is 11.4. The second-order valence-corrected chi connectivity index (χ2v) is 9.88. The maximum atomic E-state index is 14.3. The van der Waals surface area contributed by atoms with Gasteiger partial charge in [0.25, 0.3) is 0 Å². The van der Waals surface area contributed by atoms with E-state index in [9.17, 15) is 9.50 Å². The zero-order valence-corrected chi connectivity index (χ0v) is 20.0. The quantitative estimate of drug-likeness (QED) is 0.432. The summed E-state index contributed by atoms with van der Waals surface area (Å²) in [6, 6.07) is 5.30. The summed E-state index contributed by atoms with van der Waals surface area (Å²) >= 11 is 1.24. The third kappa shape index (κ3) is 4.40. The Morgan fingerprint density at radius 2 is 2.06 bits per heavy atom. The van der Waals surface area contributed by atoms with Crippen LogP contribution in [0.5, 0.6) is 0 Å². The molecule has 3 N–H and O–H groups in total. The van der Waals surface area contributed by atoms with E-state index in [1.807, 2.05) is 25.4 Å². The molecule has 0 bridgehead atoms. The van der Waals surface area contributed by atoms with Gasteiger partial charge in [0.15, 0.2) is 5.82 Å². The first kappa shape index (κ1) is 22.8. The minimum Gasteiger partial charge on any atom is -0.396 e. The van der Waals surface area contributed by atoms with Gasteiger partial charge in [-0.05, 0) is 44.9 Å². The molecule has 5 rings (SSSR count). The summed E-state index contributed by atoms with van der Waals surface area (Å²) in [7, 11) is 0. The number of rotatable bonds is 6. The van der Waals surface area contributed by atoms with Gasteiger partial charge in [-0.1, -0.05) is 11.8 Å². The largest absolute Gasteiger partial charge is 0.396 e. The summed E-state index contributed by atoms with van der Waals surface area (Å²) in [5.74, 6) is -0.375. The number of β-amino-alcohol motifs (C(OH)–C–C–N with tert-alkyl or cyclic N) is 1. The van der Waals surface area contributed by atoms with Crippen molar-refractivity contribution in [3.05, 3.63) is 54.5 Å². The summed E-state index contributed by atoms with van der Waals surface area (Å²) < 4.78 is 18.2. The lowest BCUT2D eigenvalue weighted by atomic mass is 10.0. The van der Waals surface area contributed by atoms with Gasteiger partial charge in [-0.3, -0.25) is 4.68 Å². The van der Waals surface area contributed by atoms with Crippen LogP contribution < -0.4 is 5.73 Å². The highest BCUT2D eigenvalue weighted by Crippen LogP contribution is 2.37. The van der Waals surface area contributed by atoms with E-state index in [1.54, 1.807) is 23.0 Å². The zero-order valence-electron chi connectivity index (χ0n) is 19.2. The van der Waals surface area contributed by atoms with Crippen molar-refractivity contribution in [2.75, 3.05) is 25.4 Å². The average Bonchev–Trinajstić information content (AvgIpc) is 3.38. The molecule has 1 aliphatic heterocycles. The van der Waals surface area contributed by atoms with Crippen LogP contribution in [-0.4, -0.2) is 60.1 Å². The van der Waals surface area contributed by atoms with Gasteiger partial charge in [0, 0.05) is 53.7 Å². The average molecular weight is 482 g/mol. The van der Waals surface area contributed by atoms with E-state index in [0.29, 0.717) is 23.3 Å². The van der Waals surface area contributed by atoms with Crippen LogP contribution in [0.25, 0.3) is 16.6 Å². The standard InChI is InChI=1S/C24H28FN7OS/c1-15(33)13-30-8-5-18(6-9-30)32-16(2)19(11-29-32)17-10-22(23-21(26)12-28-31(23)14-17)34-24-20(25)4-3-7-27-24/h3-4,7,10-12,14-15,18,33H,5-6,8-9,13,26H2,1-2H3/t15-/m0/s1. The zero-order chi connectivity index (χ0) is 23.8. The molecule has 5 heterocycles. The molecule has 4 aromatic rings. The van der Waals surface area contributed by atoms with Crippen LogP contribution >= 0.6 is 11.8 Å². The summed E-state index contributed by atoms with van der Waals surface area (Å²) in [6.45, 7) is 6.50. The Labute approximate surface area is 201 Å². The van der Waals surface area contributed by atoms with Crippen molar-refractivity contribution in [1.82, 2.24) is 29.3 Å². The van der Waals surface area contributed by atoms with E-state index in [4.69, 9.17) is 10.8 Å². The normalized spacial score (nSPS) is 16.4. The Kier molecular flexibility index (Phi) is 6.28. The topological polar surface area (TPSA) is 97.5 Å². The van der Waals surface area contributed by atoms with Gasteiger partial charge in [0.05, 0.1) is 30.2 Å². The third-order valence-electron chi connectivity index (χ3n) is 6.32. The van der Waals surface area contributed by atoms with Crippen molar-refractivity contribution in [3.63, 3.8) is 0 Å². The van der Waals surface area contributed by atoms with Gasteiger partial charge < -0.3 is 15.7 Å². The van der Waals surface area contributed by atoms with Gasteiger partial charge in [0.1, 0.15) is 10.5 Å². The number of nitrogens with zero attached hydrogens (tertiary/aromatic N) is 6. The van der Waals surface area contributed by atoms with Crippen molar-refractivity contribution >= 4 is 23.0 Å². The Morgan fingerprint density at radius 3 is 2.79 bits per heavy atom. The molecule has 0 aromatic carbocycles. The monoisotopic (exact) mass is 481 g/mol. The molecule has 1 aliphatic rings. The van der Waals surface area contributed by atoms with Crippen molar-refractivity contribution in [2.45, 2.75) is 48.8 Å². The van der Waals surface area contributed by atoms with E-state index >= 15 is 0 Å². The first-order valence-corrected chi connectivity index (χ1v) is 12.2. The minimum atomic E-state index is -0.375. The summed E-state index contributed by atoms with van der Waals surface area (Å²) in [5.41, 5.74) is 10.5. The molecular weight excluding hydrogens is 453 g/mol. The maximum absolute atomic E-state index is 14.3. The molecule has 0 saturated carbocycles. The lowest BCUT2D eigenvalue weighted by molar-refractivity contribution is 0.0992. The molecular formula is C24H28FN7OS. The number of halogens is 1. The Bertz CT molecular complexity index is 1310. The van der Waals surface area contributed by atoms with Crippen molar-refractivity contribution in [1.29, 1.82) is 0 Å². The molecule has 0 radical (unpaired) electrons. The summed E-state index contributed by atoms with van der Waals surface area (Å²) in [6.07, 6.45) is 8.67. The number of nitrogen functional groups attached to an aromatic ring is 1. The molecule has 178 valence electrons. The van der Waals surface area contributed by atoms with Crippen LogP contribution in [-0.2, 0) is 0 Å². The number of fused-ring (bicyclic) bond motifs is 1. The molecule has 34 heavy (non-hydrogen) atoms. The van der Waals surface area contributed by atoms with Crippen LogP contribution in [0.15, 0.2) is 52.9 Å². The Morgan fingerprint density at radius 1 is 1.26 bits per heavy atom. The van der Waals surface area contributed by atoms with Crippen molar-refractivity contribution in [3.8, 4) is 11.1 Å². The fourth-order valence-corrected chi connectivity index (χ4v) is 5.66. The smallest absolute Gasteiger partial charge is 0.155 e. The van der Waals surface area contributed by atoms with Gasteiger partial charge in [-0.15, -0.1) is 0 Å². The second kappa shape index (κ2) is 9.36. The summed E-state index contributed by atoms with van der Waals surface area (Å²) in [5, 5.41) is 19.1. The molecule has 0 aliphatic carbocycles. The first-order chi connectivity index (χ1) is 16.4. The third-order valence-corrected chi connectivity index (χ3v) is 7.34. The fraction of sp³-hybridized carbons (Fsp3) is 0.375. The number of nitrogens with two attached hydrogens (primary N) is 1. The van der Waals surface area contributed by atoms with Crippen LogP contribution in [0.1, 0.15) is 31.5 Å². The van der Waals surface area contributed by atoms with Gasteiger partial charge in [0.2, 0.25) is 0 Å². The fourth-order valence-electron chi connectivity index (χ4n) is 4.68. The predicted molar refractivity (Wildman–Crippen MR) is 130 cm³/mol. The highest BCUT2D eigenvalue weighted by Gasteiger charge is 2.24. The lowest BCUT2D eigenvalue weighted by Crippen LogP contribution is -2.39. The van der Waals surface area contributed by atoms with E-state index < -0.39 is 0 Å². The molecule has 1 fully saturated rings. The molecule has 10 heteroatoms. The van der Waals surface area contributed by atoms with Crippen molar-refractivity contribution < 1.29 is 9.50 Å². The Hall–Kier alpha value is -2.95. The van der Waals surface area contributed by atoms with Crippen LogP contribution in [0.3, 0.4) is 0 Å². The number of aromatic nitrogens is 5. The SMILES string of the molecule is Cc1c(-c2cc(Sc3ncccc3F)c3c(N)cnn3c2)cnn1C1CCN(C[C@H](C)O)CC1. The highest BCUT2D eigenvalue weighted by molar-refractivity contribution is 7.99. The van der Waals surface area contributed by atoms with Crippen LogP contribution in [0.4, 0.5) is 10.1 Å². The van der Waals surface area contributed by atoms with E-state index in [1.165, 1.54) is 17.8 Å². The number of hydrogen-bond acceptors (Lipinski definition) is 7. The van der Waals surface area contributed by atoms with Gasteiger partial charge >= 0.3 is 0 Å². The van der Waals surface area contributed by atoms with E-state index in [2.05, 4.69) is 26.6 Å². The molecule has 0 spiro atoms. The molecule has 8 nitrogen and oxygen atoms in total. The van der Waals surface area contributed by atoms with Gasteiger partial charge in [-0.2, -0.15) is 10.2 Å². The van der Waals surface area contributed by atoms with Crippen LogP contribution in [0.2, 0.25) is 0 Å². The highest BCUT2D eigenvalue weighted by atomic mass is 32.2. The number of hydrogen-bond donors (Lipinski definition) is 2. The second-order valence-electron chi connectivity index (χ2n) is 8.85. The number of aliphatic hydroxyl groups excluding tert-OH is 1. The molecule has 1 saturated heterocycles. The number of likely N-dealkylation sites (tertiary alicyclic amines) is 1. The number of pyridine rings is 2. The number of anilines is 1. The van der Waals surface area contributed by atoms with Gasteiger partial charge in [-0.25, -0.2) is 13.9 Å². The molecule has 1 atom stereocenters. The van der Waals surface area contributed by atoms with E-state index in [-0.39, 0.29) is 11.9 Å². The van der Waals surface area contributed by atoms with Crippen molar-refractivity contribution in [2.24, 2.45) is 0 Å².